The van der Waals surface area contributed by atoms with Gasteiger partial charge in [0.2, 0.25) is 5.36 Å². The predicted molar refractivity (Wildman–Crippen MR) is 228 cm³/mol. The van der Waals surface area contributed by atoms with E-state index in [2.05, 4.69) is 37.2 Å². The molecule has 0 aromatic heterocycles. The summed E-state index contributed by atoms with van der Waals surface area (Å²) in [6.07, 6.45) is 22.6. The Hall–Kier alpha value is -4.59. The minimum absolute atomic E-state index is 0.228. The Morgan fingerprint density at radius 3 is 2.04 bits per heavy atom. The maximum Gasteiger partial charge on any atom is 0.407 e. The Balaban J connectivity index is 1.29. The average molecular weight is 753 g/mol. The van der Waals surface area contributed by atoms with Crippen LogP contribution in [-0.4, -0.2) is 50.0 Å². The quantitative estimate of drug-likeness (QED) is 0.0377. The summed E-state index contributed by atoms with van der Waals surface area (Å²) in [5.74, 6) is -0.351. The largest absolute Gasteiger partial charge is 0.478 e. The molecule has 2 aromatic carbocycles. The second kappa shape index (κ2) is 24.0. The number of carboxylic acids is 1. The Labute approximate surface area is 329 Å². The fraction of sp³-hybridized carbons (Fsp3) is 0.511. The van der Waals surface area contributed by atoms with Gasteiger partial charge in [0, 0.05) is 47.4 Å². The van der Waals surface area contributed by atoms with E-state index in [1.165, 1.54) is 89.9 Å². The first kappa shape index (κ1) is 43.1. The molecule has 0 bridgehead atoms. The molecule has 1 aliphatic carbocycles. The molecule has 298 valence electrons. The van der Waals surface area contributed by atoms with Crippen molar-refractivity contribution in [2.75, 3.05) is 37.7 Å². The zero-order chi connectivity index (χ0) is 39.3. The van der Waals surface area contributed by atoms with Crippen LogP contribution in [0.15, 0.2) is 77.9 Å². The summed E-state index contributed by atoms with van der Waals surface area (Å²) in [5, 5.41) is 14.8. The number of alkyl carbamates (subject to hydrolysis) is 1. The van der Waals surface area contributed by atoms with Gasteiger partial charge in [0.15, 0.2) is 13.2 Å². The average Bonchev–Trinajstić information content (AvgIpc) is 3.20. The number of ether oxygens (including phenoxy) is 1. The summed E-state index contributed by atoms with van der Waals surface area (Å²) in [7, 11) is 0. The van der Waals surface area contributed by atoms with E-state index in [1.54, 1.807) is 18.3 Å². The van der Waals surface area contributed by atoms with Crippen LogP contribution in [-0.2, 0) is 4.74 Å². The molecule has 55 heavy (non-hydrogen) atoms. The van der Waals surface area contributed by atoms with E-state index in [0.29, 0.717) is 36.5 Å². The van der Waals surface area contributed by atoms with Crippen molar-refractivity contribution in [3.63, 3.8) is 0 Å². The molecule has 0 spiro atoms. The number of carboxylic acid groups (broad SMARTS) is 1. The molecule has 8 nitrogen and oxygen atoms in total. The fourth-order valence-electron chi connectivity index (χ4n) is 7.47. The number of likely N-dealkylation sites (N-methyl/N-ethyl adjacent to an activating group) is 1. The maximum atomic E-state index is 12.5. The number of amides is 1. The number of fused-ring (bicyclic) bond motifs is 2. The lowest BCUT2D eigenvalue weighted by molar-refractivity contribution is 0.0697. The number of unbranched alkanes of at least 4 members (excludes halogenated alkanes) is 15. The number of hydrogen-bond acceptors (Lipinski definition) is 5. The van der Waals surface area contributed by atoms with Crippen LogP contribution < -0.4 is 20.1 Å². The molecule has 4 rings (SSSR count). The monoisotopic (exact) mass is 752 g/mol. The van der Waals surface area contributed by atoms with Crippen LogP contribution in [0, 0.1) is 0 Å². The number of carbonyl (C=O) groups excluding carboxylic acids is 1. The number of carbonyl (C=O) groups is 2. The third-order valence-corrected chi connectivity index (χ3v) is 10.6. The number of aromatic carboxylic acids is 1. The number of nitrogens with zero attached hydrogens (tertiary/aromatic N) is 2. The Kier molecular flexibility index (Phi) is 18.9. The van der Waals surface area contributed by atoms with Crippen molar-refractivity contribution >= 4 is 28.7 Å². The summed E-state index contributed by atoms with van der Waals surface area (Å²) in [6.45, 7) is 13.2. The van der Waals surface area contributed by atoms with E-state index in [0.717, 1.165) is 46.9 Å². The molecule has 1 amide bonds. The van der Waals surface area contributed by atoms with Crippen LogP contribution in [0.5, 0.6) is 0 Å². The van der Waals surface area contributed by atoms with Crippen molar-refractivity contribution in [3.05, 3.63) is 84.4 Å². The van der Waals surface area contributed by atoms with E-state index >= 15 is 0 Å². The van der Waals surface area contributed by atoms with Gasteiger partial charge >= 0.3 is 12.1 Å². The molecule has 0 atom stereocenters. The van der Waals surface area contributed by atoms with Crippen molar-refractivity contribution in [1.82, 2.24) is 9.89 Å². The first-order valence-corrected chi connectivity index (χ1v) is 21.1. The van der Waals surface area contributed by atoms with Gasteiger partial charge in [0.25, 0.3) is 0 Å². The first-order valence-electron chi connectivity index (χ1n) is 21.1. The highest BCUT2D eigenvalue weighted by atomic mass is 16.5. The van der Waals surface area contributed by atoms with Gasteiger partial charge in [0.1, 0.15) is 17.9 Å². The molecule has 2 aliphatic rings. The summed E-state index contributed by atoms with van der Waals surface area (Å²) in [5.41, 5.74) is 4.05. The molecule has 0 radical (unpaired) electrons. The van der Waals surface area contributed by atoms with E-state index in [-0.39, 0.29) is 18.3 Å². The molecular weight excluding hydrogens is 687 g/mol. The molecule has 0 unspecified atom stereocenters. The van der Waals surface area contributed by atoms with Crippen LogP contribution in [0.1, 0.15) is 134 Å². The lowest BCUT2D eigenvalue weighted by Crippen LogP contribution is -2.34. The van der Waals surface area contributed by atoms with Crippen molar-refractivity contribution in [2.45, 2.75) is 124 Å². The Bertz CT molecular complexity index is 1830. The normalized spacial score (nSPS) is 11.8. The Morgan fingerprint density at radius 2 is 1.44 bits per heavy atom. The van der Waals surface area contributed by atoms with Crippen LogP contribution in [0.25, 0.3) is 33.4 Å². The fourth-order valence-corrected chi connectivity index (χ4v) is 7.47. The molecule has 8 heteroatoms. The SMILES string of the molecule is C=CN(CC)c1ccc2c(-c3ccccc3C(=O)O)c3ccc(=[N+](CC)CCOC(=O)NCCCCCCCCCCCCCCCCCC)cc-3oc2c1. The molecule has 1 heterocycles. The summed E-state index contributed by atoms with van der Waals surface area (Å²) in [4.78, 5) is 26.8. The lowest BCUT2D eigenvalue weighted by atomic mass is 9.90. The second-order valence-electron chi connectivity index (χ2n) is 14.6. The summed E-state index contributed by atoms with van der Waals surface area (Å²) < 4.78 is 14.3. The molecule has 0 saturated heterocycles. The van der Waals surface area contributed by atoms with E-state index in [9.17, 15) is 14.7 Å². The predicted octanol–water partition coefficient (Wildman–Crippen LogP) is 11.7. The minimum Gasteiger partial charge on any atom is -0.478 e. The van der Waals surface area contributed by atoms with Gasteiger partial charge < -0.3 is 24.5 Å². The van der Waals surface area contributed by atoms with Gasteiger partial charge in [-0.3, -0.25) is 0 Å². The van der Waals surface area contributed by atoms with Crippen molar-refractivity contribution < 1.29 is 23.8 Å². The summed E-state index contributed by atoms with van der Waals surface area (Å²) in [6, 6.07) is 19.1. The molecule has 0 saturated carbocycles. The van der Waals surface area contributed by atoms with Crippen LogP contribution in [0.3, 0.4) is 0 Å². The maximum absolute atomic E-state index is 12.5. The topological polar surface area (TPSA) is 95.0 Å². The number of benzene rings is 3. The molecule has 2 aromatic rings. The van der Waals surface area contributed by atoms with E-state index < -0.39 is 5.97 Å². The highest BCUT2D eigenvalue weighted by molar-refractivity contribution is 6.07. The van der Waals surface area contributed by atoms with Gasteiger partial charge in [-0.25, -0.2) is 14.2 Å². The van der Waals surface area contributed by atoms with Gasteiger partial charge in [0.05, 0.1) is 11.6 Å². The van der Waals surface area contributed by atoms with Crippen molar-refractivity contribution in [1.29, 1.82) is 0 Å². The molecule has 1 aliphatic heterocycles. The minimum atomic E-state index is -0.985. The highest BCUT2D eigenvalue weighted by Crippen LogP contribution is 2.42. The number of hydrogen-bond donors (Lipinski definition) is 2. The first-order chi connectivity index (χ1) is 26.9. The standard InChI is InChI=1S/C47H65N3O5/c1-5-9-10-11-12-13-14-15-16-17-18-19-20-21-22-25-32-48-47(53)54-34-33-50(8-4)38-29-31-42-44(36-38)55-43-35-37(49(6-2)7-3)28-30-41(43)45(42)39-26-23-24-27-40(39)46(51)52/h6,23-24,26-31,35-36H,2,5,7-22,25,32-34H2,1,3-4H3,(H-,48,51,52,53)/p+1. The van der Waals surface area contributed by atoms with Crippen LogP contribution >= 0.6 is 0 Å². The highest BCUT2D eigenvalue weighted by Gasteiger charge is 2.22. The molecular formula is C47H66N3O5+. The van der Waals surface area contributed by atoms with Crippen LogP contribution in [0.2, 0.25) is 0 Å². The van der Waals surface area contributed by atoms with Gasteiger partial charge in [-0.2, -0.15) is 0 Å². The number of rotatable bonds is 26. The van der Waals surface area contributed by atoms with Gasteiger partial charge in [-0.1, -0.05) is 128 Å². The van der Waals surface area contributed by atoms with Crippen molar-refractivity contribution in [3.8, 4) is 22.5 Å². The number of anilines is 1. The molecule has 2 N–H and O–H groups in total. The van der Waals surface area contributed by atoms with E-state index in [4.69, 9.17) is 9.15 Å². The van der Waals surface area contributed by atoms with Crippen LogP contribution in [0.4, 0.5) is 10.5 Å². The van der Waals surface area contributed by atoms with Gasteiger partial charge in [-0.15, -0.1) is 0 Å². The molecule has 0 fully saturated rings. The third-order valence-electron chi connectivity index (χ3n) is 10.6. The number of nitrogens with one attached hydrogen (secondary N) is 1. The summed E-state index contributed by atoms with van der Waals surface area (Å²) >= 11 is 0. The second-order valence-corrected chi connectivity index (χ2v) is 14.6. The third kappa shape index (κ3) is 13.3. The Morgan fingerprint density at radius 1 is 0.800 bits per heavy atom. The lowest BCUT2D eigenvalue weighted by Gasteiger charge is -2.20. The zero-order valence-electron chi connectivity index (χ0n) is 33.9. The smallest absolute Gasteiger partial charge is 0.407 e. The van der Waals surface area contributed by atoms with E-state index in [1.807, 2.05) is 53.4 Å². The van der Waals surface area contributed by atoms with Crippen molar-refractivity contribution in [2.24, 2.45) is 0 Å². The zero-order valence-corrected chi connectivity index (χ0v) is 33.9. The van der Waals surface area contributed by atoms with Gasteiger partial charge in [-0.05, 0) is 56.3 Å².